The summed E-state index contributed by atoms with van der Waals surface area (Å²) in [6, 6.07) is 130. The fraction of sp³-hybridized carbons (Fsp3) is 0. The van der Waals surface area contributed by atoms with Crippen molar-refractivity contribution in [1.29, 1.82) is 0 Å². The van der Waals surface area contributed by atoms with Gasteiger partial charge in [-0.15, -0.1) is 0 Å². The van der Waals surface area contributed by atoms with Crippen molar-refractivity contribution in [3.05, 3.63) is 352 Å². The summed E-state index contributed by atoms with van der Waals surface area (Å²) in [5.41, 5.74) is 32.5. The van der Waals surface area contributed by atoms with Crippen LogP contribution < -0.4 is 47.3 Å². The SMILES string of the molecule is c1ccc(-c2ccc3c(c2)Oc2cc(-c4ccccc4-c4ccccc4)cc4c2B3c2cc3c(cc2N4c2ccccc2)N(c2c(-c4ccccc4)cccc2-c2ccccc2)c2cc(-c4ccccc4-c4ccccc4)cc4c2B3c2ccc(-c3ccccc3)cc2S4)cc1. The first kappa shape index (κ1) is 55.8. The summed E-state index contributed by atoms with van der Waals surface area (Å²) in [5, 5.41) is 0. The van der Waals surface area contributed by atoms with Crippen LogP contribution in [-0.2, 0) is 0 Å². The Morgan fingerprint density at radius 2 is 0.615 bits per heavy atom. The highest BCUT2D eigenvalue weighted by Crippen LogP contribution is 2.53. The molecule has 15 aromatic rings. The Labute approximate surface area is 565 Å². The van der Waals surface area contributed by atoms with Crippen molar-refractivity contribution in [2.45, 2.75) is 9.79 Å². The maximum absolute atomic E-state index is 7.55. The molecule has 0 radical (unpaired) electrons. The molecule has 96 heavy (non-hydrogen) atoms. The molecule has 0 N–H and O–H groups in total. The fourth-order valence-corrected chi connectivity index (χ4v) is 16.9. The third-order valence-corrected chi connectivity index (χ3v) is 21.1. The zero-order valence-corrected chi connectivity index (χ0v) is 53.2. The highest BCUT2D eigenvalue weighted by Gasteiger charge is 2.48. The van der Waals surface area contributed by atoms with Crippen LogP contribution in [0.4, 0.5) is 34.1 Å². The number of nitrogens with zero attached hydrogens (tertiary/aromatic N) is 2. The van der Waals surface area contributed by atoms with Gasteiger partial charge in [-0.1, -0.05) is 314 Å². The topological polar surface area (TPSA) is 15.7 Å². The molecule has 19 rings (SSSR count). The van der Waals surface area contributed by atoms with Crippen LogP contribution in [0, 0.1) is 0 Å². The van der Waals surface area contributed by atoms with Gasteiger partial charge < -0.3 is 14.5 Å². The van der Waals surface area contributed by atoms with Crippen LogP contribution in [0.5, 0.6) is 11.5 Å². The second kappa shape index (κ2) is 23.0. The summed E-state index contributed by atoms with van der Waals surface area (Å²) in [4.78, 5) is 7.74. The van der Waals surface area contributed by atoms with E-state index in [4.69, 9.17) is 4.74 Å². The molecule has 3 nitrogen and oxygen atoms in total. The number of anilines is 6. The van der Waals surface area contributed by atoms with E-state index in [0.29, 0.717) is 0 Å². The van der Waals surface area contributed by atoms with Crippen LogP contribution >= 0.6 is 11.8 Å². The van der Waals surface area contributed by atoms with E-state index in [1.165, 1.54) is 59.5 Å². The molecule has 4 aliphatic rings. The molecule has 6 heteroatoms. The van der Waals surface area contributed by atoms with Gasteiger partial charge in [-0.2, -0.15) is 0 Å². The van der Waals surface area contributed by atoms with Gasteiger partial charge in [-0.25, -0.2) is 0 Å². The molecule has 4 aliphatic heterocycles. The van der Waals surface area contributed by atoms with Crippen LogP contribution in [-0.4, -0.2) is 13.4 Å². The number of para-hydroxylation sites is 2. The van der Waals surface area contributed by atoms with Gasteiger partial charge >= 0.3 is 0 Å². The van der Waals surface area contributed by atoms with E-state index in [1.54, 1.807) is 0 Å². The Hall–Kier alpha value is -11.8. The average Bonchev–Trinajstić information content (AvgIpc) is 0.687. The highest BCUT2D eigenvalue weighted by atomic mass is 32.2. The molecule has 0 amide bonds. The fourth-order valence-electron chi connectivity index (χ4n) is 15.7. The minimum atomic E-state index is -0.220. The van der Waals surface area contributed by atoms with Gasteiger partial charge in [-0.3, -0.25) is 0 Å². The molecule has 0 bridgehead atoms. The van der Waals surface area contributed by atoms with Crippen LogP contribution in [0.2, 0.25) is 0 Å². The molecule has 0 aromatic heterocycles. The molecule has 0 aliphatic carbocycles. The molecule has 4 heterocycles. The lowest BCUT2D eigenvalue weighted by Crippen LogP contribution is -2.64. The Kier molecular flexibility index (Phi) is 13.4. The lowest BCUT2D eigenvalue weighted by atomic mass is 9.31. The maximum Gasteiger partial charge on any atom is 0.256 e. The van der Waals surface area contributed by atoms with Gasteiger partial charge in [0.2, 0.25) is 6.71 Å². The molecule has 0 atom stereocenters. The molecular formula is C90H58B2N2OS. The lowest BCUT2D eigenvalue weighted by molar-refractivity contribution is 0.488. The van der Waals surface area contributed by atoms with Crippen molar-refractivity contribution in [2.75, 3.05) is 9.80 Å². The van der Waals surface area contributed by atoms with E-state index in [-0.39, 0.29) is 13.4 Å². The van der Waals surface area contributed by atoms with Crippen molar-refractivity contribution in [2.24, 2.45) is 0 Å². The number of hydrogen-bond acceptors (Lipinski definition) is 4. The summed E-state index contributed by atoms with van der Waals surface area (Å²) >= 11 is 1.91. The second-order valence-electron chi connectivity index (χ2n) is 25.4. The number of ether oxygens (including phenoxy) is 1. The first-order chi connectivity index (χ1) is 47.6. The smallest absolute Gasteiger partial charge is 0.256 e. The van der Waals surface area contributed by atoms with Crippen LogP contribution in [0.3, 0.4) is 0 Å². The summed E-state index contributed by atoms with van der Waals surface area (Å²) in [7, 11) is 0. The molecule has 15 aromatic carbocycles. The molecule has 0 saturated heterocycles. The van der Waals surface area contributed by atoms with Crippen LogP contribution in [0.25, 0.3) is 89.0 Å². The van der Waals surface area contributed by atoms with E-state index in [2.05, 4.69) is 362 Å². The number of hydrogen-bond donors (Lipinski definition) is 0. The van der Waals surface area contributed by atoms with Crippen molar-refractivity contribution < 1.29 is 4.74 Å². The Balaban J connectivity index is 0.951. The van der Waals surface area contributed by atoms with E-state index >= 15 is 0 Å². The predicted molar refractivity (Wildman–Crippen MR) is 406 cm³/mol. The predicted octanol–water partition coefficient (Wildman–Crippen LogP) is 20.2. The van der Waals surface area contributed by atoms with Gasteiger partial charge in [-0.05, 0) is 160 Å². The van der Waals surface area contributed by atoms with E-state index in [1.807, 2.05) is 11.8 Å². The van der Waals surface area contributed by atoms with Gasteiger partial charge in [0.1, 0.15) is 11.5 Å². The number of fused-ring (bicyclic) bond motifs is 8. The summed E-state index contributed by atoms with van der Waals surface area (Å²) in [5.74, 6) is 1.71. The third kappa shape index (κ3) is 9.23. The number of rotatable bonds is 10. The largest absolute Gasteiger partial charge is 0.458 e. The standard InChI is InChI=1S/C90H58B2N2OS/c1-8-27-59(28-9-1)65-47-49-76-84(53-65)95-85-54-67(72-43-24-22-41-70(72)61-31-12-3-13-32-61)51-82-88(85)91(76)78-57-79-81(58-80(78)93(82)69-39-20-7-21-40-69)94(90-74(63-35-16-5-17-36-63)45-26-46-75(90)64-37-18-6-19-38-64)83-52-68(73-44-25-23-42-71(73)62-33-14-4-15-34-62)56-87-89(83)92(79)77-50-48-66(55-86(77)96-87)60-29-10-2-11-30-60/h1-58H. The molecule has 446 valence electrons. The first-order valence-electron chi connectivity index (χ1n) is 33.1. The maximum atomic E-state index is 7.55. The van der Waals surface area contributed by atoms with Crippen LogP contribution in [0.15, 0.2) is 362 Å². The normalized spacial score (nSPS) is 12.8. The summed E-state index contributed by atoms with van der Waals surface area (Å²) in [6.07, 6.45) is 0. The molecular weight excluding hydrogens is 1180 g/mol. The molecule has 0 unspecified atom stereocenters. The zero-order valence-electron chi connectivity index (χ0n) is 52.4. The van der Waals surface area contributed by atoms with Gasteiger partial charge in [0, 0.05) is 49.4 Å². The molecule has 0 fully saturated rings. The first-order valence-corrected chi connectivity index (χ1v) is 33.9. The second-order valence-corrected chi connectivity index (χ2v) is 26.4. The Bertz CT molecular complexity index is 5480. The summed E-state index contributed by atoms with van der Waals surface area (Å²) < 4.78 is 7.55. The highest BCUT2D eigenvalue weighted by molar-refractivity contribution is 8.00. The van der Waals surface area contributed by atoms with Crippen molar-refractivity contribution in [1.82, 2.24) is 0 Å². The average molecular weight is 1240 g/mol. The Morgan fingerprint density at radius 1 is 0.229 bits per heavy atom. The lowest BCUT2D eigenvalue weighted by Gasteiger charge is -2.45. The van der Waals surface area contributed by atoms with Gasteiger partial charge in [0.05, 0.1) is 5.69 Å². The third-order valence-electron chi connectivity index (χ3n) is 20.0. The van der Waals surface area contributed by atoms with Gasteiger partial charge in [0.15, 0.2) is 0 Å². The van der Waals surface area contributed by atoms with Crippen molar-refractivity contribution in [3.63, 3.8) is 0 Å². The minimum Gasteiger partial charge on any atom is -0.458 e. The number of benzene rings is 15. The minimum absolute atomic E-state index is 0.169. The van der Waals surface area contributed by atoms with E-state index in [0.717, 1.165) is 118 Å². The Morgan fingerprint density at radius 3 is 1.15 bits per heavy atom. The zero-order chi connectivity index (χ0) is 63.2. The quantitative estimate of drug-likeness (QED) is 0.127. The molecule has 0 spiro atoms. The van der Waals surface area contributed by atoms with Crippen molar-refractivity contribution in [3.8, 4) is 101 Å². The monoisotopic (exact) mass is 1240 g/mol. The van der Waals surface area contributed by atoms with Crippen LogP contribution in [0.1, 0.15) is 0 Å². The molecule has 0 saturated carbocycles. The van der Waals surface area contributed by atoms with Crippen molar-refractivity contribution >= 4 is 92.1 Å². The van der Waals surface area contributed by atoms with Gasteiger partial charge in [0.25, 0.3) is 6.71 Å². The summed E-state index contributed by atoms with van der Waals surface area (Å²) in [6.45, 7) is -0.388. The van der Waals surface area contributed by atoms with E-state index in [9.17, 15) is 0 Å². The van der Waals surface area contributed by atoms with E-state index < -0.39 is 0 Å².